The number of ether oxygens (including phenoxy) is 2. The average molecular weight is 614 g/mol. The van der Waals surface area contributed by atoms with Crippen molar-refractivity contribution >= 4 is 37.7 Å². The number of allylic oxidation sites excluding steroid dienone is 1. The van der Waals surface area contributed by atoms with Crippen molar-refractivity contribution in [3.05, 3.63) is 76.6 Å². The third-order valence-corrected chi connectivity index (χ3v) is 15.1. The van der Waals surface area contributed by atoms with Crippen molar-refractivity contribution in [2.45, 2.75) is 84.5 Å². The minimum Gasteiger partial charge on any atom is -0.540 e. The molecule has 44 heavy (non-hydrogen) atoms. The Morgan fingerprint density at radius 1 is 0.909 bits per heavy atom. The Labute approximate surface area is 262 Å². The first-order chi connectivity index (χ1) is 20.7. The molecule has 0 aliphatic carbocycles. The standard InChI is InChI=1S/C37H44FNO4Si/c1-21(2)44(22(3)4,23(5)6)43-31-16-15-30-35(36(31)41-10)28-13-14-29-33(24(7)19-37(8,9)39-29)34(28)32(42-30)18-25-11-12-27(38)17-26(25)20-40/h11-23,39H,1-10H3. The molecule has 1 N–H and O–H groups in total. The summed E-state index contributed by atoms with van der Waals surface area (Å²) in [6, 6.07) is 12.3. The first kappa shape index (κ1) is 31.6. The fourth-order valence-electron chi connectivity index (χ4n) is 7.48. The van der Waals surface area contributed by atoms with Gasteiger partial charge in [-0.3, -0.25) is 4.79 Å². The number of halogens is 1. The number of hydrogen-bond donors (Lipinski definition) is 1. The SMILES string of the molecule is COc1c(O[Si](C(C)C)(C(C)C)C(C)C)ccc2c1-c1ccc3c(c1C(=Cc1ccc(F)cc1C=O)O2)C(C)=CC(C)(C)N3. The summed E-state index contributed by atoms with van der Waals surface area (Å²) in [4.78, 5) is 11.9. The highest BCUT2D eigenvalue weighted by Crippen LogP contribution is 2.55. The minimum absolute atomic E-state index is 0.235. The largest absolute Gasteiger partial charge is 0.540 e. The van der Waals surface area contributed by atoms with E-state index in [1.807, 2.05) is 18.2 Å². The van der Waals surface area contributed by atoms with E-state index < -0.39 is 14.1 Å². The lowest BCUT2D eigenvalue weighted by Crippen LogP contribution is -2.50. The molecule has 232 valence electrons. The molecule has 2 heterocycles. The molecular formula is C37H44FNO4Si. The molecule has 2 aliphatic rings. The fourth-order valence-corrected chi connectivity index (χ4v) is 12.7. The lowest BCUT2D eigenvalue weighted by atomic mass is 9.82. The van der Waals surface area contributed by atoms with Crippen molar-refractivity contribution in [2.75, 3.05) is 12.4 Å². The second-order valence-electron chi connectivity index (χ2n) is 13.5. The number of carbonyl (C=O) groups is 1. The van der Waals surface area contributed by atoms with Gasteiger partial charge in [0.05, 0.1) is 18.2 Å². The lowest BCUT2D eigenvalue weighted by molar-refractivity contribution is 0.112. The lowest BCUT2D eigenvalue weighted by Gasteiger charge is -2.42. The van der Waals surface area contributed by atoms with Crippen molar-refractivity contribution in [1.29, 1.82) is 0 Å². The van der Waals surface area contributed by atoms with Gasteiger partial charge in [-0.05, 0) is 84.9 Å². The summed E-state index contributed by atoms with van der Waals surface area (Å²) >= 11 is 0. The quantitative estimate of drug-likeness (QED) is 0.202. The maximum absolute atomic E-state index is 14.0. The van der Waals surface area contributed by atoms with Gasteiger partial charge < -0.3 is 19.2 Å². The Morgan fingerprint density at radius 3 is 2.20 bits per heavy atom. The molecule has 2 aliphatic heterocycles. The van der Waals surface area contributed by atoms with Gasteiger partial charge in [-0.25, -0.2) is 4.39 Å². The molecule has 0 atom stereocenters. The number of benzene rings is 3. The molecule has 0 radical (unpaired) electrons. The molecule has 0 fully saturated rings. The van der Waals surface area contributed by atoms with Gasteiger partial charge in [0, 0.05) is 27.9 Å². The zero-order chi connectivity index (χ0) is 32.1. The number of rotatable bonds is 8. The second-order valence-corrected chi connectivity index (χ2v) is 18.9. The normalized spacial score (nSPS) is 16.1. The fraction of sp³-hybridized carbons (Fsp3) is 0.378. The summed E-state index contributed by atoms with van der Waals surface area (Å²) in [7, 11) is -0.618. The summed E-state index contributed by atoms with van der Waals surface area (Å²) < 4.78 is 34.1. The average Bonchev–Trinajstić information content (AvgIpc) is 2.94. The predicted molar refractivity (Wildman–Crippen MR) is 182 cm³/mol. The summed E-state index contributed by atoms with van der Waals surface area (Å²) in [6.45, 7) is 20.0. The number of hydrogen-bond acceptors (Lipinski definition) is 5. The van der Waals surface area contributed by atoms with Crippen LogP contribution in [0.2, 0.25) is 16.6 Å². The van der Waals surface area contributed by atoms with Gasteiger partial charge in [0.25, 0.3) is 8.32 Å². The highest BCUT2D eigenvalue weighted by Gasteiger charge is 2.48. The van der Waals surface area contributed by atoms with E-state index in [0.717, 1.165) is 39.3 Å². The highest BCUT2D eigenvalue weighted by atomic mass is 28.4. The molecule has 0 saturated heterocycles. The smallest absolute Gasteiger partial charge is 0.258 e. The molecule has 0 unspecified atom stereocenters. The van der Waals surface area contributed by atoms with Crippen LogP contribution in [-0.2, 0) is 0 Å². The second kappa shape index (κ2) is 11.6. The Balaban J connectivity index is 1.80. The van der Waals surface area contributed by atoms with Gasteiger partial charge in [0.2, 0.25) is 0 Å². The van der Waals surface area contributed by atoms with Crippen LogP contribution in [0, 0.1) is 5.82 Å². The Kier molecular flexibility index (Phi) is 8.31. The molecule has 0 spiro atoms. The molecule has 0 amide bonds. The van der Waals surface area contributed by atoms with Gasteiger partial charge in [0.1, 0.15) is 23.1 Å². The van der Waals surface area contributed by atoms with Crippen molar-refractivity contribution in [3.63, 3.8) is 0 Å². The molecule has 0 aromatic heterocycles. The molecule has 7 heteroatoms. The van der Waals surface area contributed by atoms with Gasteiger partial charge in [-0.2, -0.15) is 0 Å². The van der Waals surface area contributed by atoms with Crippen LogP contribution in [0.5, 0.6) is 17.2 Å². The van der Waals surface area contributed by atoms with Crippen molar-refractivity contribution in [3.8, 4) is 28.4 Å². The van der Waals surface area contributed by atoms with Crippen LogP contribution >= 0.6 is 0 Å². The molecular weight excluding hydrogens is 569 g/mol. The molecule has 0 saturated carbocycles. The number of nitrogens with one attached hydrogen (secondary N) is 1. The van der Waals surface area contributed by atoms with Crippen LogP contribution in [0.15, 0.2) is 48.5 Å². The zero-order valence-electron chi connectivity index (χ0n) is 27.5. The monoisotopic (exact) mass is 613 g/mol. The number of fused-ring (bicyclic) bond motifs is 5. The summed E-state index contributed by atoms with van der Waals surface area (Å²) in [5.74, 6) is 2.09. The van der Waals surface area contributed by atoms with E-state index in [1.54, 1.807) is 13.2 Å². The van der Waals surface area contributed by atoms with Crippen molar-refractivity contribution in [2.24, 2.45) is 0 Å². The first-order valence-electron chi connectivity index (χ1n) is 15.4. The molecule has 0 bridgehead atoms. The van der Waals surface area contributed by atoms with Crippen LogP contribution < -0.4 is 19.2 Å². The maximum atomic E-state index is 14.0. The van der Waals surface area contributed by atoms with Crippen LogP contribution in [0.25, 0.3) is 28.5 Å². The third kappa shape index (κ3) is 5.25. The molecule has 3 aromatic carbocycles. The van der Waals surface area contributed by atoms with Crippen LogP contribution in [0.4, 0.5) is 10.1 Å². The highest BCUT2D eigenvalue weighted by molar-refractivity contribution is 6.78. The van der Waals surface area contributed by atoms with E-state index in [4.69, 9.17) is 13.9 Å². The van der Waals surface area contributed by atoms with E-state index in [0.29, 0.717) is 45.7 Å². The Bertz CT molecular complexity index is 1660. The summed E-state index contributed by atoms with van der Waals surface area (Å²) in [6.07, 6.45) is 4.70. The predicted octanol–water partition coefficient (Wildman–Crippen LogP) is 10.4. The number of anilines is 1. The van der Waals surface area contributed by atoms with Gasteiger partial charge in [-0.15, -0.1) is 0 Å². The van der Waals surface area contributed by atoms with E-state index in [-0.39, 0.29) is 11.1 Å². The van der Waals surface area contributed by atoms with Crippen LogP contribution in [-0.4, -0.2) is 27.3 Å². The Hall–Kier alpha value is -3.84. The van der Waals surface area contributed by atoms with E-state index in [2.05, 4.69) is 85.8 Å². The van der Waals surface area contributed by atoms with Crippen molar-refractivity contribution in [1.82, 2.24) is 0 Å². The maximum Gasteiger partial charge on any atom is 0.258 e. The van der Waals surface area contributed by atoms with Crippen LogP contribution in [0.3, 0.4) is 0 Å². The van der Waals surface area contributed by atoms with E-state index >= 15 is 0 Å². The summed E-state index contributed by atoms with van der Waals surface area (Å²) in [5, 5.41) is 3.65. The molecule has 5 rings (SSSR count). The van der Waals surface area contributed by atoms with E-state index in [1.165, 1.54) is 12.1 Å². The number of aldehydes is 1. The third-order valence-electron chi connectivity index (χ3n) is 9.11. The number of carbonyl (C=O) groups excluding carboxylic acids is 1. The topological polar surface area (TPSA) is 56.8 Å². The molecule has 3 aromatic rings. The molecule has 5 nitrogen and oxygen atoms in total. The van der Waals surface area contributed by atoms with Crippen molar-refractivity contribution < 1.29 is 23.1 Å². The summed E-state index contributed by atoms with van der Waals surface area (Å²) in [5.41, 5.74) is 7.49. The van der Waals surface area contributed by atoms with Gasteiger partial charge in [-0.1, -0.05) is 59.8 Å². The zero-order valence-corrected chi connectivity index (χ0v) is 28.5. The van der Waals surface area contributed by atoms with Gasteiger partial charge in [0.15, 0.2) is 12.0 Å². The Morgan fingerprint density at radius 2 is 1.59 bits per heavy atom. The van der Waals surface area contributed by atoms with E-state index in [9.17, 15) is 9.18 Å². The van der Waals surface area contributed by atoms with Gasteiger partial charge >= 0.3 is 0 Å². The first-order valence-corrected chi connectivity index (χ1v) is 17.6. The number of methoxy groups -OCH3 is 1. The minimum atomic E-state index is -2.30. The van der Waals surface area contributed by atoms with Crippen LogP contribution in [0.1, 0.15) is 89.4 Å².